The predicted octanol–water partition coefficient (Wildman–Crippen LogP) is 4.18. The van der Waals surface area contributed by atoms with E-state index in [-0.39, 0.29) is 0 Å². The standard InChI is InChI=1S/C11H10F7N/c1-5-3-6(2)8(7(19)4-5)9(12,10(13,14)15)11(16,17)18/h3-4H,19H2,1-2H3. The number of nitrogen functional groups attached to an aromatic ring is 1. The van der Waals surface area contributed by atoms with Crippen LogP contribution in [0.1, 0.15) is 16.7 Å². The maximum atomic E-state index is 13.9. The van der Waals surface area contributed by atoms with Crippen molar-refractivity contribution >= 4 is 5.69 Å². The number of benzene rings is 1. The van der Waals surface area contributed by atoms with Crippen LogP contribution in [-0.2, 0) is 5.67 Å². The third-order valence-corrected chi connectivity index (χ3v) is 2.64. The third kappa shape index (κ3) is 2.35. The van der Waals surface area contributed by atoms with Crippen molar-refractivity contribution in [3.63, 3.8) is 0 Å². The molecule has 8 heteroatoms. The van der Waals surface area contributed by atoms with E-state index in [9.17, 15) is 30.7 Å². The van der Waals surface area contributed by atoms with Gasteiger partial charge in [0, 0.05) is 11.3 Å². The number of hydrogen-bond donors (Lipinski definition) is 1. The van der Waals surface area contributed by atoms with E-state index >= 15 is 0 Å². The molecule has 0 spiro atoms. The Morgan fingerprint density at radius 3 is 1.58 bits per heavy atom. The molecule has 2 N–H and O–H groups in total. The summed E-state index contributed by atoms with van der Waals surface area (Å²) in [6, 6.07) is 1.88. The van der Waals surface area contributed by atoms with Crippen LogP contribution in [-0.4, -0.2) is 12.4 Å². The van der Waals surface area contributed by atoms with E-state index in [0.29, 0.717) is 5.56 Å². The first kappa shape index (κ1) is 15.6. The monoisotopic (exact) mass is 289 g/mol. The lowest BCUT2D eigenvalue weighted by atomic mass is 9.88. The Kier molecular flexibility index (Phi) is 3.51. The van der Waals surface area contributed by atoms with E-state index < -0.39 is 34.8 Å². The molecule has 0 atom stereocenters. The van der Waals surface area contributed by atoms with Gasteiger partial charge in [-0.1, -0.05) is 6.07 Å². The van der Waals surface area contributed by atoms with Crippen LogP contribution >= 0.6 is 0 Å². The molecule has 0 aliphatic heterocycles. The number of rotatable bonds is 1. The van der Waals surface area contributed by atoms with Gasteiger partial charge in [-0.05, 0) is 31.0 Å². The Balaban J connectivity index is 3.72. The Morgan fingerprint density at radius 1 is 0.842 bits per heavy atom. The lowest BCUT2D eigenvalue weighted by Crippen LogP contribution is -2.51. The summed E-state index contributed by atoms with van der Waals surface area (Å²) >= 11 is 0. The fourth-order valence-electron chi connectivity index (χ4n) is 1.92. The van der Waals surface area contributed by atoms with Gasteiger partial charge in [0.1, 0.15) is 0 Å². The normalized spacial score (nSPS) is 13.7. The fourth-order valence-corrected chi connectivity index (χ4v) is 1.92. The molecule has 0 saturated heterocycles. The lowest BCUT2D eigenvalue weighted by Gasteiger charge is -2.32. The van der Waals surface area contributed by atoms with E-state index in [1.165, 1.54) is 6.92 Å². The van der Waals surface area contributed by atoms with Gasteiger partial charge in [-0.2, -0.15) is 26.3 Å². The Hall–Kier alpha value is -1.47. The van der Waals surface area contributed by atoms with Gasteiger partial charge in [0.15, 0.2) is 0 Å². The second-order valence-electron chi connectivity index (χ2n) is 4.20. The first-order valence-electron chi connectivity index (χ1n) is 5.02. The highest BCUT2D eigenvalue weighted by Crippen LogP contribution is 2.55. The maximum absolute atomic E-state index is 13.9. The zero-order valence-corrected chi connectivity index (χ0v) is 9.88. The molecule has 0 aliphatic rings. The topological polar surface area (TPSA) is 26.0 Å². The molecule has 0 aliphatic carbocycles. The van der Waals surface area contributed by atoms with Crippen LogP contribution in [0.3, 0.4) is 0 Å². The van der Waals surface area contributed by atoms with Crippen LogP contribution in [0.4, 0.5) is 36.4 Å². The number of alkyl halides is 7. The van der Waals surface area contributed by atoms with Gasteiger partial charge in [0.25, 0.3) is 0 Å². The molecule has 19 heavy (non-hydrogen) atoms. The molecule has 0 radical (unpaired) electrons. The fraction of sp³-hybridized carbons (Fsp3) is 0.455. The quantitative estimate of drug-likeness (QED) is 0.609. The zero-order chi connectivity index (χ0) is 15.2. The highest BCUT2D eigenvalue weighted by Gasteiger charge is 2.74. The van der Waals surface area contributed by atoms with Crippen LogP contribution < -0.4 is 5.73 Å². The van der Waals surface area contributed by atoms with Crippen LogP contribution in [0.5, 0.6) is 0 Å². The molecule has 0 amide bonds. The van der Waals surface area contributed by atoms with Crippen molar-refractivity contribution in [2.75, 3.05) is 5.73 Å². The van der Waals surface area contributed by atoms with E-state index in [0.717, 1.165) is 19.1 Å². The van der Waals surface area contributed by atoms with Crippen LogP contribution in [0.2, 0.25) is 0 Å². The number of aryl methyl sites for hydroxylation is 2. The van der Waals surface area contributed by atoms with Gasteiger partial charge in [-0.3, -0.25) is 0 Å². The van der Waals surface area contributed by atoms with Crippen molar-refractivity contribution in [2.24, 2.45) is 0 Å². The van der Waals surface area contributed by atoms with E-state index in [1.807, 2.05) is 0 Å². The Bertz CT molecular complexity index is 450. The first-order valence-corrected chi connectivity index (χ1v) is 5.02. The SMILES string of the molecule is Cc1cc(C)c(C(F)(C(F)(F)F)C(F)(F)F)c(N)c1. The number of anilines is 1. The van der Waals surface area contributed by atoms with Crippen molar-refractivity contribution in [2.45, 2.75) is 31.9 Å². The molecular formula is C11H10F7N. The van der Waals surface area contributed by atoms with E-state index in [4.69, 9.17) is 5.73 Å². The van der Waals surface area contributed by atoms with Gasteiger partial charge >= 0.3 is 18.0 Å². The summed E-state index contributed by atoms with van der Waals surface area (Å²) in [4.78, 5) is 0. The summed E-state index contributed by atoms with van der Waals surface area (Å²) in [6.07, 6.45) is -12.3. The van der Waals surface area contributed by atoms with Crippen molar-refractivity contribution in [1.29, 1.82) is 0 Å². The van der Waals surface area contributed by atoms with Crippen LogP contribution in [0, 0.1) is 13.8 Å². The third-order valence-electron chi connectivity index (χ3n) is 2.64. The molecular weight excluding hydrogens is 279 g/mol. The smallest absolute Gasteiger partial charge is 0.398 e. The molecule has 1 rings (SSSR count). The van der Waals surface area contributed by atoms with Crippen molar-refractivity contribution in [1.82, 2.24) is 0 Å². The highest BCUT2D eigenvalue weighted by molar-refractivity contribution is 5.57. The summed E-state index contributed by atoms with van der Waals surface area (Å²) < 4.78 is 89.4. The predicted molar refractivity (Wildman–Crippen MR) is 55.2 cm³/mol. The molecule has 0 unspecified atom stereocenters. The average Bonchev–Trinajstić information content (AvgIpc) is 2.11. The summed E-state index contributed by atoms with van der Waals surface area (Å²) in [6.45, 7) is 2.37. The number of halogens is 7. The minimum atomic E-state index is -6.15. The Labute approximate surface area is 104 Å². The largest absolute Gasteiger partial charge is 0.436 e. The number of hydrogen-bond acceptors (Lipinski definition) is 1. The molecule has 1 aromatic carbocycles. The van der Waals surface area contributed by atoms with Gasteiger partial charge in [-0.15, -0.1) is 0 Å². The summed E-state index contributed by atoms with van der Waals surface area (Å²) in [5.74, 6) is 0. The second-order valence-corrected chi connectivity index (χ2v) is 4.20. The van der Waals surface area contributed by atoms with Crippen molar-refractivity contribution in [3.8, 4) is 0 Å². The summed E-state index contributed by atoms with van der Waals surface area (Å²) in [7, 11) is 0. The molecule has 108 valence electrons. The zero-order valence-electron chi connectivity index (χ0n) is 9.88. The van der Waals surface area contributed by atoms with Crippen molar-refractivity contribution in [3.05, 3.63) is 28.8 Å². The lowest BCUT2D eigenvalue weighted by molar-refractivity contribution is -0.348. The minimum Gasteiger partial charge on any atom is -0.398 e. The maximum Gasteiger partial charge on any atom is 0.436 e. The summed E-state index contributed by atoms with van der Waals surface area (Å²) in [5.41, 5.74) is -2.97. The van der Waals surface area contributed by atoms with Gasteiger partial charge in [0.05, 0.1) is 0 Å². The van der Waals surface area contributed by atoms with Crippen molar-refractivity contribution < 1.29 is 30.7 Å². The molecule has 0 aromatic heterocycles. The molecule has 0 heterocycles. The minimum absolute atomic E-state index is 0.338. The molecule has 1 aromatic rings. The molecule has 0 fully saturated rings. The molecule has 1 nitrogen and oxygen atoms in total. The first-order chi connectivity index (χ1) is 8.32. The Morgan fingerprint density at radius 2 is 1.26 bits per heavy atom. The molecule has 0 bridgehead atoms. The second kappa shape index (κ2) is 4.28. The van der Waals surface area contributed by atoms with Crippen LogP contribution in [0.25, 0.3) is 0 Å². The van der Waals surface area contributed by atoms with E-state index in [1.54, 1.807) is 0 Å². The van der Waals surface area contributed by atoms with Crippen LogP contribution in [0.15, 0.2) is 12.1 Å². The van der Waals surface area contributed by atoms with Gasteiger partial charge in [0.2, 0.25) is 0 Å². The summed E-state index contributed by atoms with van der Waals surface area (Å²) in [5, 5.41) is 0. The average molecular weight is 289 g/mol. The van der Waals surface area contributed by atoms with Gasteiger partial charge < -0.3 is 5.73 Å². The number of nitrogens with two attached hydrogens (primary N) is 1. The van der Waals surface area contributed by atoms with Gasteiger partial charge in [-0.25, -0.2) is 4.39 Å². The highest BCUT2D eigenvalue weighted by atomic mass is 19.4. The van der Waals surface area contributed by atoms with E-state index in [2.05, 4.69) is 0 Å². The molecule has 0 saturated carbocycles.